The predicted molar refractivity (Wildman–Crippen MR) is 98.5 cm³/mol. The number of halogens is 2. The summed E-state index contributed by atoms with van der Waals surface area (Å²) < 4.78 is 28.7. The minimum atomic E-state index is -0.947. The van der Waals surface area contributed by atoms with E-state index in [1.165, 1.54) is 0 Å². The fraction of sp³-hybridized carbons (Fsp3) is 0.143. The van der Waals surface area contributed by atoms with E-state index in [-0.39, 0.29) is 22.6 Å². The summed E-state index contributed by atoms with van der Waals surface area (Å²) in [6, 6.07) is 16.1. The molecule has 0 saturated carbocycles. The molecule has 0 saturated heterocycles. The zero-order valence-corrected chi connectivity index (χ0v) is 16.4. The fourth-order valence-electron chi connectivity index (χ4n) is 2.86. The van der Waals surface area contributed by atoms with Gasteiger partial charge in [-0.1, -0.05) is 48.3 Å². The van der Waals surface area contributed by atoms with Gasteiger partial charge in [-0.25, -0.2) is 8.78 Å². The molecule has 0 spiro atoms. The van der Waals surface area contributed by atoms with Crippen LogP contribution in [0, 0.1) is 24.2 Å². The number of hydrogen-bond donors (Lipinski definition) is 0. The second-order valence-corrected chi connectivity index (χ2v) is 6.68. The van der Waals surface area contributed by atoms with E-state index in [1.54, 1.807) is 29.1 Å². The van der Waals surface area contributed by atoms with Crippen LogP contribution in [-0.2, 0) is 22.5 Å². The third-order valence-corrected chi connectivity index (χ3v) is 4.44. The third-order valence-electron chi connectivity index (χ3n) is 4.44. The SMILES string of the molecule is CC(C)(c1cccc(-c2[c-]cc(F)nc2F)n1)c1cccc(-n2[c-]ccn2)n1.[Cu+2]. The zero-order valence-electron chi connectivity index (χ0n) is 15.5. The van der Waals surface area contributed by atoms with E-state index >= 15 is 0 Å². The van der Waals surface area contributed by atoms with Gasteiger partial charge in [-0.15, -0.1) is 12.1 Å². The first-order valence-corrected chi connectivity index (χ1v) is 8.56. The summed E-state index contributed by atoms with van der Waals surface area (Å²) in [5.41, 5.74) is 1.21. The maximum absolute atomic E-state index is 14.0. The van der Waals surface area contributed by atoms with Crippen LogP contribution in [0.4, 0.5) is 8.78 Å². The molecule has 0 bridgehead atoms. The largest absolute Gasteiger partial charge is 2.00 e. The molecule has 149 valence electrons. The van der Waals surface area contributed by atoms with Crippen LogP contribution >= 0.6 is 0 Å². The van der Waals surface area contributed by atoms with Crippen LogP contribution < -0.4 is 0 Å². The first kappa shape index (κ1) is 20.8. The van der Waals surface area contributed by atoms with Gasteiger partial charge in [-0.2, -0.15) is 0 Å². The molecule has 0 amide bonds. The van der Waals surface area contributed by atoms with Crippen molar-refractivity contribution in [2.24, 2.45) is 0 Å². The van der Waals surface area contributed by atoms with Crippen LogP contribution in [-0.4, -0.2) is 24.7 Å². The van der Waals surface area contributed by atoms with E-state index in [2.05, 4.69) is 32.3 Å². The van der Waals surface area contributed by atoms with Crippen molar-refractivity contribution in [1.82, 2.24) is 24.7 Å². The summed E-state index contributed by atoms with van der Waals surface area (Å²) >= 11 is 0. The summed E-state index contributed by atoms with van der Waals surface area (Å²) in [4.78, 5) is 12.5. The Morgan fingerprint density at radius 1 is 0.966 bits per heavy atom. The molecule has 0 fully saturated rings. The van der Waals surface area contributed by atoms with Gasteiger partial charge < -0.3 is 9.67 Å². The normalized spacial score (nSPS) is 11.2. The standard InChI is InChI=1S/C21H15F2N5.Cu/c1-21(2,17-8-4-9-19(26-17)28-13-5-12-24-28)16-7-3-6-15(25-16)14-10-11-18(22)27-20(14)23;/h3-9,11-12H,1-2H3;/q-2;+2. The Bertz CT molecular complexity index is 1130. The number of aromatic nitrogens is 5. The van der Waals surface area contributed by atoms with Crippen molar-refractivity contribution in [2.45, 2.75) is 19.3 Å². The first-order valence-electron chi connectivity index (χ1n) is 8.56. The van der Waals surface area contributed by atoms with E-state index in [9.17, 15) is 8.78 Å². The summed E-state index contributed by atoms with van der Waals surface area (Å²) in [5, 5.41) is 4.15. The summed E-state index contributed by atoms with van der Waals surface area (Å²) in [7, 11) is 0. The Morgan fingerprint density at radius 3 is 2.38 bits per heavy atom. The molecule has 0 aliphatic rings. The van der Waals surface area contributed by atoms with Crippen LogP contribution in [0.1, 0.15) is 25.2 Å². The number of nitrogens with zero attached hydrogens (tertiary/aromatic N) is 5. The molecular weight excluding hydrogens is 424 g/mol. The Hall–Kier alpha value is -2.96. The second kappa shape index (κ2) is 8.19. The van der Waals surface area contributed by atoms with Gasteiger partial charge in [0, 0.05) is 16.8 Å². The summed E-state index contributed by atoms with van der Waals surface area (Å²) in [5.74, 6) is -1.24. The van der Waals surface area contributed by atoms with Gasteiger partial charge in [0.2, 0.25) is 0 Å². The Balaban J connectivity index is 0.00000240. The van der Waals surface area contributed by atoms with Gasteiger partial charge >= 0.3 is 17.1 Å². The maximum Gasteiger partial charge on any atom is 2.00 e. The number of rotatable bonds is 4. The summed E-state index contributed by atoms with van der Waals surface area (Å²) in [6.45, 7) is 3.95. The Labute approximate surface area is 177 Å². The molecule has 0 N–H and O–H groups in total. The van der Waals surface area contributed by atoms with Crippen molar-refractivity contribution < 1.29 is 25.8 Å². The molecule has 0 aliphatic carbocycles. The molecule has 4 heterocycles. The molecule has 0 aliphatic heterocycles. The van der Waals surface area contributed by atoms with Crippen LogP contribution in [0.5, 0.6) is 0 Å². The average molecular weight is 439 g/mol. The van der Waals surface area contributed by atoms with E-state index in [4.69, 9.17) is 0 Å². The molecule has 29 heavy (non-hydrogen) atoms. The van der Waals surface area contributed by atoms with Crippen LogP contribution in [0.25, 0.3) is 17.1 Å². The van der Waals surface area contributed by atoms with E-state index in [0.717, 1.165) is 11.8 Å². The van der Waals surface area contributed by atoms with E-state index in [0.29, 0.717) is 17.2 Å². The molecule has 0 unspecified atom stereocenters. The molecule has 1 radical (unpaired) electrons. The quantitative estimate of drug-likeness (QED) is 0.275. The van der Waals surface area contributed by atoms with E-state index < -0.39 is 17.3 Å². The second-order valence-electron chi connectivity index (χ2n) is 6.68. The van der Waals surface area contributed by atoms with Gasteiger partial charge in [0.25, 0.3) is 0 Å². The number of hydrogen-bond acceptors (Lipinski definition) is 4. The average Bonchev–Trinajstić information content (AvgIpc) is 3.23. The van der Waals surface area contributed by atoms with Crippen LogP contribution in [0.15, 0.2) is 54.7 Å². The minimum Gasteiger partial charge on any atom is -0.344 e. The molecule has 0 aromatic carbocycles. The fourth-order valence-corrected chi connectivity index (χ4v) is 2.86. The molecular formula is C21H15CuF2N5. The maximum atomic E-state index is 14.0. The molecule has 4 rings (SSSR count). The van der Waals surface area contributed by atoms with Crippen LogP contribution in [0.3, 0.4) is 0 Å². The third kappa shape index (κ3) is 4.09. The van der Waals surface area contributed by atoms with E-state index in [1.807, 2.05) is 38.1 Å². The smallest absolute Gasteiger partial charge is 0.344 e. The zero-order chi connectivity index (χ0) is 19.7. The van der Waals surface area contributed by atoms with Crippen molar-refractivity contribution in [3.05, 3.63) is 90.3 Å². The van der Waals surface area contributed by atoms with Crippen molar-refractivity contribution in [3.8, 4) is 17.1 Å². The molecule has 5 nitrogen and oxygen atoms in total. The van der Waals surface area contributed by atoms with Gasteiger partial charge in [-0.3, -0.25) is 15.1 Å². The summed E-state index contributed by atoms with van der Waals surface area (Å²) in [6.07, 6.45) is 4.59. The Morgan fingerprint density at radius 2 is 1.69 bits per heavy atom. The molecule has 0 atom stereocenters. The van der Waals surface area contributed by atoms with Gasteiger partial charge in [0.05, 0.1) is 5.82 Å². The van der Waals surface area contributed by atoms with Crippen molar-refractivity contribution in [2.75, 3.05) is 0 Å². The van der Waals surface area contributed by atoms with Gasteiger partial charge in [-0.05, 0) is 31.7 Å². The molecule has 8 heteroatoms. The van der Waals surface area contributed by atoms with Gasteiger partial charge in [0.15, 0.2) is 0 Å². The topological polar surface area (TPSA) is 56.5 Å². The minimum absolute atomic E-state index is 0. The van der Waals surface area contributed by atoms with Crippen molar-refractivity contribution >= 4 is 0 Å². The van der Waals surface area contributed by atoms with Crippen LogP contribution in [0.2, 0.25) is 0 Å². The number of pyridine rings is 3. The first-order chi connectivity index (χ1) is 13.4. The monoisotopic (exact) mass is 438 g/mol. The Kier molecular flexibility index (Phi) is 5.86. The van der Waals surface area contributed by atoms with Crippen molar-refractivity contribution in [1.29, 1.82) is 0 Å². The van der Waals surface area contributed by atoms with Crippen molar-refractivity contribution in [3.63, 3.8) is 0 Å². The molecule has 4 aromatic heterocycles. The van der Waals surface area contributed by atoms with Gasteiger partial charge in [0.1, 0.15) is 11.9 Å². The predicted octanol–water partition coefficient (Wildman–Crippen LogP) is 3.93. The molecule has 4 aromatic rings.